The normalized spacial score (nSPS) is 14.9. The Balaban J connectivity index is 1.16. The maximum absolute atomic E-state index is 12.5. The fraction of sp³-hybridized carbons (Fsp3) is 0.333. The maximum Gasteiger partial charge on any atom is 0.410 e. The maximum atomic E-state index is 12.5. The molecule has 0 unspecified atom stereocenters. The van der Waals surface area contributed by atoms with Crippen LogP contribution < -0.4 is 4.99 Å². The average Bonchev–Trinajstić information content (AvgIpc) is 3.61. The number of aromatic nitrogens is 2. The zero-order chi connectivity index (χ0) is 29.4. The van der Waals surface area contributed by atoms with Crippen molar-refractivity contribution in [1.82, 2.24) is 14.6 Å². The van der Waals surface area contributed by atoms with E-state index < -0.39 is 5.60 Å². The first-order valence-corrected chi connectivity index (χ1v) is 14.8. The van der Waals surface area contributed by atoms with E-state index in [2.05, 4.69) is 16.8 Å². The summed E-state index contributed by atoms with van der Waals surface area (Å²) >= 11 is 1.15. The molecule has 1 amide bonds. The first kappa shape index (κ1) is 29.5. The van der Waals surface area contributed by atoms with Gasteiger partial charge < -0.3 is 14.4 Å². The summed E-state index contributed by atoms with van der Waals surface area (Å²) in [5, 5.41) is 1.04. The second-order valence-corrected chi connectivity index (χ2v) is 11.9. The molecule has 5 rings (SSSR count). The van der Waals surface area contributed by atoms with Crippen LogP contribution in [0.1, 0.15) is 50.3 Å². The minimum atomic E-state index is -0.515. The molecule has 1 fully saturated rings. The average molecular weight is 586 g/mol. The molecule has 0 N–H and O–H groups in total. The van der Waals surface area contributed by atoms with Crippen LogP contribution in [0.5, 0.6) is 0 Å². The van der Waals surface area contributed by atoms with Crippen LogP contribution in [0.2, 0.25) is 0 Å². The van der Waals surface area contributed by atoms with Crippen molar-refractivity contribution in [3.8, 4) is 11.8 Å². The van der Waals surface area contributed by atoms with Gasteiger partial charge in [0.05, 0.1) is 36.8 Å². The molecule has 0 aliphatic carbocycles. The van der Waals surface area contributed by atoms with Crippen LogP contribution in [0.3, 0.4) is 0 Å². The first-order valence-electron chi connectivity index (χ1n) is 14.0. The van der Waals surface area contributed by atoms with Crippen molar-refractivity contribution in [1.29, 1.82) is 0 Å². The summed E-state index contributed by atoms with van der Waals surface area (Å²) in [5.41, 5.74) is 3.17. The summed E-state index contributed by atoms with van der Waals surface area (Å²) in [6, 6.07) is 19.8. The lowest BCUT2D eigenvalue weighted by Crippen LogP contribution is -2.41. The van der Waals surface area contributed by atoms with Crippen LogP contribution in [0.25, 0.3) is 10.9 Å². The minimum absolute atomic E-state index is 0.0174. The summed E-state index contributed by atoms with van der Waals surface area (Å²) in [4.78, 5) is 25.2. The molecule has 0 radical (unpaired) electrons. The summed E-state index contributed by atoms with van der Waals surface area (Å²) in [6.45, 7) is 7.18. The Morgan fingerprint density at radius 2 is 1.95 bits per heavy atom. The number of nitrogens with zero attached hydrogens (tertiary/aromatic N) is 3. The van der Waals surface area contributed by atoms with E-state index in [1.807, 2.05) is 87.6 Å². The van der Waals surface area contributed by atoms with E-state index in [4.69, 9.17) is 18.8 Å². The molecule has 4 aromatic rings. The number of fused-ring (bicyclic) bond motifs is 1. The molecule has 9 heteroatoms. The van der Waals surface area contributed by atoms with Gasteiger partial charge in [0.1, 0.15) is 5.60 Å². The second kappa shape index (κ2) is 13.8. The highest BCUT2D eigenvalue weighted by Gasteiger charge is 2.32. The number of amides is 1. The highest BCUT2D eigenvalue weighted by Crippen LogP contribution is 2.23. The third kappa shape index (κ3) is 8.07. The molecule has 8 nitrogen and oxygen atoms in total. The highest BCUT2D eigenvalue weighted by molar-refractivity contribution is 7.94. The summed E-state index contributed by atoms with van der Waals surface area (Å²) < 4.78 is 18.6. The Morgan fingerprint density at radius 1 is 1.10 bits per heavy atom. The van der Waals surface area contributed by atoms with Gasteiger partial charge in [-0.3, -0.25) is 4.98 Å². The topological polar surface area (TPSA) is 75.0 Å². The van der Waals surface area contributed by atoms with Gasteiger partial charge in [-0.25, -0.2) is 9.78 Å². The third-order valence-electron chi connectivity index (χ3n) is 6.64. The van der Waals surface area contributed by atoms with Crippen molar-refractivity contribution in [3.05, 3.63) is 95.9 Å². The molecular weight excluding hydrogens is 550 g/mol. The van der Waals surface area contributed by atoms with Crippen molar-refractivity contribution >= 4 is 29.0 Å². The van der Waals surface area contributed by atoms with Gasteiger partial charge >= 0.3 is 6.09 Å². The summed E-state index contributed by atoms with van der Waals surface area (Å²) in [7, 11) is 0. The number of ether oxygens (including phenoxy) is 2. The van der Waals surface area contributed by atoms with E-state index in [0.29, 0.717) is 26.2 Å². The minimum Gasteiger partial charge on any atom is -0.444 e. The molecular formula is C33H35N3O5S. The van der Waals surface area contributed by atoms with Gasteiger partial charge in [-0.15, -0.1) is 0 Å². The number of rotatable bonds is 9. The van der Waals surface area contributed by atoms with Gasteiger partial charge in [0.15, 0.2) is 0 Å². The molecule has 0 saturated carbocycles. The Hall–Kier alpha value is -3.97. The Kier molecular flexibility index (Phi) is 9.70. The third-order valence-corrected chi connectivity index (χ3v) is 7.23. The molecule has 2 aromatic heterocycles. The Morgan fingerprint density at radius 3 is 2.79 bits per heavy atom. The van der Waals surface area contributed by atoms with Crippen LogP contribution in [0.15, 0.2) is 84.1 Å². The lowest BCUT2D eigenvalue weighted by Gasteiger charge is -2.28. The van der Waals surface area contributed by atoms with Crippen LogP contribution in [-0.2, 0) is 26.8 Å². The number of pyridine rings is 1. The number of carbonyl (C=O) groups is 1. The van der Waals surface area contributed by atoms with Crippen LogP contribution in [-0.4, -0.2) is 45.5 Å². The van der Waals surface area contributed by atoms with Crippen LogP contribution >= 0.6 is 12.0 Å². The quantitative estimate of drug-likeness (QED) is 0.0947. The van der Waals surface area contributed by atoms with Crippen molar-refractivity contribution in [2.75, 3.05) is 13.2 Å². The number of para-hydroxylation sites is 1. The van der Waals surface area contributed by atoms with Gasteiger partial charge in [0, 0.05) is 47.4 Å². The SMILES string of the molecule is CC(C)(C)OC(=O)N1CCC[C@H]1COCc1cncc(C#CCc2cccc3ccn(OOSc4ccccc4)c23)c1. The Bertz CT molecular complexity index is 1550. The molecule has 42 heavy (non-hydrogen) atoms. The van der Waals surface area contributed by atoms with Crippen molar-refractivity contribution in [2.45, 2.75) is 63.2 Å². The van der Waals surface area contributed by atoms with E-state index in [1.165, 1.54) is 0 Å². The van der Waals surface area contributed by atoms with Crippen molar-refractivity contribution in [2.24, 2.45) is 0 Å². The number of hydrogen-bond acceptors (Lipinski definition) is 7. The van der Waals surface area contributed by atoms with Crippen LogP contribution in [0.4, 0.5) is 4.79 Å². The molecule has 1 saturated heterocycles. The molecule has 1 aliphatic rings. The number of likely N-dealkylation sites (tertiary alicyclic amines) is 1. The predicted molar refractivity (Wildman–Crippen MR) is 162 cm³/mol. The molecule has 1 atom stereocenters. The lowest BCUT2D eigenvalue weighted by atomic mass is 10.1. The number of carbonyl (C=O) groups excluding carboxylic acids is 1. The van der Waals surface area contributed by atoms with Gasteiger partial charge in [-0.2, -0.15) is 4.73 Å². The fourth-order valence-electron chi connectivity index (χ4n) is 4.76. The van der Waals surface area contributed by atoms with Gasteiger partial charge in [0.25, 0.3) is 0 Å². The number of hydrogen-bond donors (Lipinski definition) is 0. The molecule has 0 spiro atoms. The monoisotopic (exact) mass is 585 g/mol. The Labute approximate surface area is 251 Å². The van der Waals surface area contributed by atoms with Gasteiger partial charge in [-0.1, -0.05) is 52.6 Å². The zero-order valence-electron chi connectivity index (χ0n) is 24.1. The van der Waals surface area contributed by atoms with E-state index in [0.717, 1.165) is 57.4 Å². The van der Waals surface area contributed by atoms with Crippen molar-refractivity contribution in [3.63, 3.8) is 0 Å². The lowest BCUT2D eigenvalue weighted by molar-refractivity contribution is -0.188. The number of benzene rings is 2. The van der Waals surface area contributed by atoms with E-state index in [9.17, 15) is 4.79 Å². The molecule has 218 valence electrons. The molecule has 1 aliphatic heterocycles. The largest absolute Gasteiger partial charge is 0.444 e. The summed E-state index contributed by atoms with van der Waals surface area (Å²) in [6.07, 6.45) is 7.47. The highest BCUT2D eigenvalue weighted by atomic mass is 32.2. The molecule has 2 aromatic carbocycles. The molecule has 0 bridgehead atoms. The van der Waals surface area contributed by atoms with Crippen LogP contribution in [0, 0.1) is 11.8 Å². The first-order chi connectivity index (χ1) is 20.4. The van der Waals surface area contributed by atoms with E-state index >= 15 is 0 Å². The van der Waals surface area contributed by atoms with Gasteiger partial charge in [-0.05, 0) is 69.0 Å². The van der Waals surface area contributed by atoms with Gasteiger partial charge in [0.2, 0.25) is 0 Å². The standard InChI is InChI=1S/C33H35N3O5S/c1-33(2,3)39-32(37)35-18-9-14-29(35)24-38-23-26-20-25(21-34-22-26)10-7-11-27-12-8-13-28-17-19-36(31(27)28)40-41-42-30-15-5-4-6-16-30/h4-6,8,12-13,15-17,19-22,29H,9,11,14,18,23-24H2,1-3H3/t29-/m0/s1. The smallest absolute Gasteiger partial charge is 0.410 e. The van der Waals surface area contributed by atoms with Crippen molar-refractivity contribution < 1.29 is 23.6 Å². The summed E-state index contributed by atoms with van der Waals surface area (Å²) in [5.74, 6) is 6.50. The van der Waals surface area contributed by atoms with E-state index in [1.54, 1.807) is 22.0 Å². The zero-order valence-corrected chi connectivity index (χ0v) is 24.9. The molecule has 3 heterocycles. The fourth-order valence-corrected chi connectivity index (χ4v) is 5.21. The predicted octanol–water partition coefficient (Wildman–Crippen LogP) is 6.61. The second-order valence-electron chi connectivity index (χ2n) is 11.1. The van der Waals surface area contributed by atoms with E-state index in [-0.39, 0.29) is 12.1 Å².